The summed E-state index contributed by atoms with van der Waals surface area (Å²) in [6, 6.07) is 0. The first-order valence-electron chi connectivity index (χ1n) is 2.75. The Morgan fingerprint density at radius 2 is 2.36 bits per heavy atom. The standard InChI is InChI=1S/C3H7FN2O3S2/c1-6-2-3-9-10(6)5-11(4,7)8/h2-3H2,1H3. The summed E-state index contributed by atoms with van der Waals surface area (Å²) in [5, 5.41) is 0. The van der Waals surface area contributed by atoms with Crippen molar-refractivity contribution in [1.82, 2.24) is 4.31 Å². The first-order valence-corrected chi connectivity index (χ1v) is 5.16. The largest absolute Gasteiger partial charge is 0.426 e. The van der Waals surface area contributed by atoms with Crippen LogP contribution in [0.4, 0.5) is 3.89 Å². The summed E-state index contributed by atoms with van der Waals surface area (Å²) in [5.41, 5.74) is 0. The van der Waals surface area contributed by atoms with Crippen molar-refractivity contribution >= 4 is 21.6 Å². The van der Waals surface area contributed by atoms with Crippen molar-refractivity contribution in [2.75, 3.05) is 20.2 Å². The fourth-order valence-corrected chi connectivity index (χ4v) is 2.43. The van der Waals surface area contributed by atoms with Crippen LogP contribution < -0.4 is 0 Å². The summed E-state index contributed by atoms with van der Waals surface area (Å²) >= 11 is -1.25. The van der Waals surface area contributed by atoms with Crippen LogP contribution in [0, 0.1) is 0 Å². The van der Waals surface area contributed by atoms with Gasteiger partial charge in [-0.05, 0) is 0 Å². The zero-order valence-corrected chi connectivity index (χ0v) is 7.36. The van der Waals surface area contributed by atoms with E-state index in [1.54, 1.807) is 7.05 Å². The van der Waals surface area contributed by atoms with Gasteiger partial charge in [-0.1, -0.05) is 7.65 Å². The maximum absolute atomic E-state index is 11.9. The van der Waals surface area contributed by atoms with Gasteiger partial charge in [0.25, 0.3) is 0 Å². The fourth-order valence-electron chi connectivity index (χ4n) is 0.563. The molecule has 1 saturated heterocycles. The smallest absolute Gasteiger partial charge is 0.292 e. The average molecular weight is 202 g/mol. The van der Waals surface area contributed by atoms with Gasteiger partial charge in [0.05, 0.1) is 6.61 Å². The lowest BCUT2D eigenvalue weighted by atomic mass is 10.7. The highest BCUT2D eigenvalue weighted by Crippen LogP contribution is 2.09. The Balaban J connectivity index is 2.82. The van der Waals surface area contributed by atoms with Crippen LogP contribution in [0.15, 0.2) is 3.77 Å². The quantitative estimate of drug-likeness (QED) is 0.552. The van der Waals surface area contributed by atoms with Gasteiger partial charge >= 0.3 is 10.4 Å². The van der Waals surface area contributed by atoms with Gasteiger partial charge in [0.1, 0.15) is 11.2 Å². The molecule has 1 rings (SSSR count). The van der Waals surface area contributed by atoms with E-state index >= 15 is 0 Å². The van der Waals surface area contributed by atoms with Crippen LogP contribution in [0.2, 0.25) is 0 Å². The zero-order valence-electron chi connectivity index (χ0n) is 5.73. The predicted octanol–water partition coefficient (Wildman–Crippen LogP) is -0.205. The first-order chi connectivity index (χ1) is 4.99. The van der Waals surface area contributed by atoms with Crippen LogP contribution in [0.5, 0.6) is 0 Å². The molecule has 0 amide bonds. The minimum Gasteiger partial charge on any atom is -0.292 e. The van der Waals surface area contributed by atoms with E-state index in [2.05, 4.69) is 3.77 Å². The van der Waals surface area contributed by atoms with Crippen LogP contribution in [0.1, 0.15) is 0 Å². The van der Waals surface area contributed by atoms with Crippen LogP contribution in [-0.2, 0) is 25.8 Å². The maximum Gasteiger partial charge on any atom is 0.426 e. The summed E-state index contributed by atoms with van der Waals surface area (Å²) < 4.78 is 41.1. The summed E-state index contributed by atoms with van der Waals surface area (Å²) in [7, 11) is -3.15. The van der Waals surface area contributed by atoms with E-state index < -0.39 is 21.6 Å². The molecule has 1 fully saturated rings. The van der Waals surface area contributed by atoms with E-state index in [9.17, 15) is 12.3 Å². The minimum absolute atomic E-state index is 0.388. The molecule has 0 radical (unpaired) electrons. The molecule has 1 unspecified atom stereocenters. The third-order valence-corrected chi connectivity index (χ3v) is 3.33. The SMILES string of the molecule is CN1CCOS1=NS(=O)(=O)F. The molecule has 0 aromatic rings. The normalized spacial score (nSPS) is 28.0. The number of hydrogen-bond acceptors (Lipinski definition) is 3. The van der Waals surface area contributed by atoms with Crippen LogP contribution in [-0.4, -0.2) is 32.9 Å². The number of hydrogen-bond donors (Lipinski definition) is 0. The van der Waals surface area contributed by atoms with Crippen molar-refractivity contribution in [2.24, 2.45) is 3.77 Å². The van der Waals surface area contributed by atoms with Gasteiger partial charge in [-0.2, -0.15) is 8.42 Å². The van der Waals surface area contributed by atoms with E-state index in [-0.39, 0.29) is 0 Å². The van der Waals surface area contributed by atoms with E-state index in [0.29, 0.717) is 13.2 Å². The molecule has 0 aromatic heterocycles. The topological polar surface area (TPSA) is 59.0 Å². The van der Waals surface area contributed by atoms with Crippen molar-refractivity contribution in [3.63, 3.8) is 0 Å². The third kappa shape index (κ3) is 2.81. The molecule has 0 saturated carbocycles. The molecule has 11 heavy (non-hydrogen) atoms. The van der Waals surface area contributed by atoms with Gasteiger partial charge in [-0.3, -0.25) is 4.18 Å². The molecular formula is C3H7FN2O3S2. The molecule has 66 valence electrons. The van der Waals surface area contributed by atoms with Crippen molar-refractivity contribution in [3.8, 4) is 0 Å². The van der Waals surface area contributed by atoms with Crippen LogP contribution in [0.3, 0.4) is 0 Å². The molecule has 8 heteroatoms. The molecule has 0 aromatic carbocycles. The van der Waals surface area contributed by atoms with E-state index in [1.807, 2.05) is 0 Å². The van der Waals surface area contributed by atoms with Gasteiger partial charge in [-0.25, -0.2) is 4.31 Å². The monoisotopic (exact) mass is 202 g/mol. The van der Waals surface area contributed by atoms with Gasteiger partial charge in [0, 0.05) is 13.6 Å². The Hall–Kier alpha value is -0.0500. The van der Waals surface area contributed by atoms with E-state index in [4.69, 9.17) is 4.18 Å². The molecule has 0 spiro atoms. The molecule has 1 aliphatic heterocycles. The average Bonchev–Trinajstić information content (AvgIpc) is 2.12. The maximum atomic E-state index is 11.9. The summed E-state index contributed by atoms with van der Waals surface area (Å²) in [6.07, 6.45) is 0. The minimum atomic E-state index is -4.77. The first kappa shape index (κ1) is 9.04. The molecule has 1 aliphatic rings. The second-order valence-electron chi connectivity index (χ2n) is 1.89. The third-order valence-electron chi connectivity index (χ3n) is 1.01. The lowest BCUT2D eigenvalue weighted by Gasteiger charge is -2.03. The van der Waals surface area contributed by atoms with Crippen molar-refractivity contribution in [3.05, 3.63) is 0 Å². The lowest BCUT2D eigenvalue weighted by Crippen LogP contribution is -2.14. The van der Waals surface area contributed by atoms with Crippen molar-refractivity contribution < 1.29 is 16.5 Å². The van der Waals surface area contributed by atoms with Gasteiger partial charge in [0.15, 0.2) is 0 Å². The molecule has 0 N–H and O–H groups in total. The van der Waals surface area contributed by atoms with Crippen molar-refractivity contribution in [2.45, 2.75) is 0 Å². The molecule has 1 atom stereocenters. The zero-order chi connectivity index (χ0) is 8.48. The van der Waals surface area contributed by atoms with Crippen LogP contribution >= 0.6 is 0 Å². The fraction of sp³-hybridized carbons (Fsp3) is 1.00. The Morgan fingerprint density at radius 3 is 2.73 bits per heavy atom. The van der Waals surface area contributed by atoms with Gasteiger partial charge in [-0.15, -0.1) is 0 Å². The second-order valence-corrected chi connectivity index (χ2v) is 4.63. The van der Waals surface area contributed by atoms with E-state index in [0.717, 1.165) is 0 Å². The molecule has 0 bridgehead atoms. The summed E-state index contributed by atoms with van der Waals surface area (Å²) in [4.78, 5) is 0. The van der Waals surface area contributed by atoms with Crippen LogP contribution in [0.25, 0.3) is 0 Å². The molecule has 1 heterocycles. The van der Waals surface area contributed by atoms with Crippen molar-refractivity contribution in [1.29, 1.82) is 0 Å². The molecule has 5 nitrogen and oxygen atoms in total. The highest BCUT2D eigenvalue weighted by Gasteiger charge is 2.18. The number of nitrogens with zero attached hydrogens (tertiary/aromatic N) is 2. The highest BCUT2D eigenvalue weighted by molar-refractivity contribution is 7.94. The van der Waals surface area contributed by atoms with E-state index in [1.165, 1.54) is 4.31 Å². The Bertz CT molecular complexity index is 274. The highest BCUT2D eigenvalue weighted by atomic mass is 32.3. The Labute approximate surface area is 66.9 Å². The number of likely N-dealkylation sites (N-methyl/N-ethyl adjacent to an activating group) is 1. The number of halogens is 1. The van der Waals surface area contributed by atoms with Gasteiger partial charge in [0.2, 0.25) is 0 Å². The lowest BCUT2D eigenvalue weighted by molar-refractivity contribution is 0.402. The number of rotatable bonds is 1. The summed E-state index contributed by atoms with van der Waals surface area (Å²) in [5.74, 6) is 0. The molecular weight excluding hydrogens is 195 g/mol. The Kier molecular flexibility index (Phi) is 2.58. The Morgan fingerprint density at radius 1 is 1.73 bits per heavy atom. The second kappa shape index (κ2) is 3.13. The molecule has 0 aliphatic carbocycles. The van der Waals surface area contributed by atoms with Gasteiger partial charge < -0.3 is 0 Å². The summed E-state index contributed by atoms with van der Waals surface area (Å²) in [6.45, 7) is 0.959. The predicted molar refractivity (Wildman–Crippen MR) is 38.4 cm³/mol.